The quantitative estimate of drug-likeness (QED) is 0.735. The predicted molar refractivity (Wildman–Crippen MR) is 63.0 cm³/mol. The van der Waals surface area contributed by atoms with Crippen LogP contribution in [0.4, 0.5) is 0 Å². The van der Waals surface area contributed by atoms with Crippen LogP contribution in [0.25, 0.3) is 0 Å². The van der Waals surface area contributed by atoms with Gasteiger partial charge in [0, 0.05) is 32.4 Å². The first-order chi connectivity index (χ1) is 7.79. The SMILES string of the molecule is CC(C)(C)CNC(=O)CCN1C(=O)CCC1=O. The van der Waals surface area contributed by atoms with Crippen LogP contribution in [0.5, 0.6) is 0 Å². The van der Waals surface area contributed by atoms with Crippen LogP contribution in [-0.4, -0.2) is 35.7 Å². The number of amides is 3. The minimum absolute atomic E-state index is 0.0366. The number of hydrogen-bond donors (Lipinski definition) is 1. The molecule has 5 heteroatoms. The fourth-order valence-corrected chi connectivity index (χ4v) is 1.54. The van der Waals surface area contributed by atoms with E-state index in [0.29, 0.717) is 6.54 Å². The number of rotatable bonds is 4. The molecule has 0 unspecified atom stereocenters. The number of carbonyl (C=O) groups is 3. The fraction of sp³-hybridized carbons (Fsp3) is 0.750. The fourth-order valence-electron chi connectivity index (χ4n) is 1.54. The third kappa shape index (κ3) is 4.54. The van der Waals surface area contributed by atoms with E-state index in [1.807, 2.05) is 20.8 Å². The molecule has 0 aromatic carbocycles. The van der Waals surface area contributed by atoms with E-state index in [9.17, 15) is 14.4 Å². The Balaban J connectivity index is 2.29. The topological polar surface area (TPSA) is 66.5 Å². The van der Waals surface area contributed by atoms with E-state index < -0.39 is 0 Å². The summed E-state index contributed by atoms with van der Waals surface area (Å²) in [6, 6.07) is 0. The molecule has 0 bridgehead atoms. The molecule has 3 amide bonds. The largest absolute Gasteiger partial charge is 0.356 e. The molecule has 1 rings (SSSR count). The lowest BCUT2D eigenvalue weighted by Crippen LogP contribution is -2.36. The summed E-state index contributed by atoms with van der Waals surface area (Å²) in [5, 5.41) is 2.79. The van der Waals surface area contributed by atoms with Crippen LogP contribution in [0.2, 0.25) is 0 Å². The number of likely N-dealkylation sites (tertiary alicyclic amines) is 1. The van der Waals surface area contributed by atoms with Gasteiger partial charge in [-0.1, -0.05) is 20.8 Å². The van der Waals surface area contributed by atoms with Gasteiger partial charge >= 0.3 is 0 Å². The molecule has 1 N–H and O–H groups in total. The monoisotopic (exact) mass is 240 g/mol. The first kappa shape index (κ1) is 13.7. The maximum Gasteiger partial charge on any atom is 0.229 e. The van der Waals surface area contributed by atoms with Gasteiger partial charge in [0.05, 0.1) is 0 Å². The number of nitrogens with zero attached hydrogens (tertiary/aromatic N) is 1. The first-order valence-corrected chi connectivity index (χ1v) is 5.89. The molecule has 0 aliphatic carbocycles. The average molecular weight is 240 g/mol. The van der Waals surface area contributed by atoms with Gasteiger partial charge in [-0.3, -0.25) is 19.3 Å². The Hall–Kier alpha value is -1.39. The zero-order valence-corrected chi connectivity index (χ0v) is 10.7. The second kappa shape index (κ2) is 5.29. The summed E-state index contributed by atoms with van der Waals surface area (Å²) in [6.07, 6.45) is 0.748. The Labute approximate surface area is 102 Å². The number of nitrogens with one attached hydrogen (secondary N) is 1. The highest BCUT2D eigenvalue weighted by Crippen LogP contribution is 2.12. The minimum Gasteiger partial charge on any atom is -0.356 e. The minimum atomic E-state index is -0.168. The van der Waals surface area contributed by atoms with Gasteiger partial charge in [0.2, 0.25) is 17.7 Å². The molecule has 0 aromatic heterocycles. The lowest BCUT2D eigenvalue weighted by molar-refractivity contribution is -0.138. The zero-order chi connectivity index (χ0) is 13.1. The number of hydrogen-bond acceptors (Lipinski definition) is 3. The van der Waals surface area contributed by atoms with Crippen molar-refractivity contribution in [3.8, 4) is 0 Å². The second-order valence-electron chi connectivity index (χ2n) is 5.53. The highest BCUT2D eigenvalue weighted by molar-refractivity contribution is 6.02. The van der Waals surface area contributed by atoms with Gasteiger partial charge < -0.3 is 5.32 Å². The first-order valence-electron chi connectivity index (χ1n) is 5.89. The van der Waals surface area contributed by atoms with Crippen molar-refractivity contribution in [2.75, 3.05) is 13.1 Å². The summed E-state index contributed by atoms with van der Waals surface area (Å²) in [7, 11) is 0. The van der Waals surface area contributed by atoms with Crippen LogP contribution in [0.3, 0.4) is 0 Å². The Morgan fingerprint density at radius 2 is 1.76 bits per heavy atom. The molecule has 1 fully saturated rings. The summed E-state index contributed by atoms with van der Waals surface area (Å²) in [5.41, 5.74) is 0.0366. The molecule has 1 heterocycles. The maximum atomic E-state index is 11.5. The van der Waals surface area contributed by atoms with E-state index in [1.165, 1.54) is 4.90 Å². The third-order valence-electron chi connectivity index (χ3n) is 2.53. The van der Waals surface area contributed by atoms with Crippen molar-refractivity contribution >= 4 is 17.7 Å². The van der Waals surface area contributed by atoms with Crippen molar-refractivity contribution in [2.24, 2.45) is 5.41 Å². The van der Waals surface area contributed by atoms with Gasteiger partial charge in [0.25, 0.3) is 0 Å². The molecule has 1 saturated heterocycles. The van der Waals surface area contributed by atoms with E-state index in [2.05, 4.69) is 5.32 Å². The van der Waals surface area contributed by atoms with Crippen molar-refractivity contribution in [3.05, 3.63) is 0 Å². The standard InChI is InChI=1S/C12H20N2O3/c1-12(2,3)8-13-9(15)6-7-14-10(16)4-5-11(14)17/h4-8H2,1-3H3,(H,13,15). The molecule has 1 aliphatic rings. The molecule has 0 saturated carbocycles. The van der Waals surface area contributed by atoms with E-state index in [4.69, 9.17) is 0 Å². The molecule has 0 spiro atoms. The number of carbonyl (C=O) groups excluding carboxylic acids is 3. The van der Waals surface area contributed by atoms with Gasteiger partial charge in [0.1, 0.15) is 0 Å². The van der Waals surface area contributed by atoms with Crippen molar-refractivity contribution in [2.45, 2.75) is 40.0 Å². The lowest BCUT2D eigenvalue weighted by atomic mass is 9.97. The summed E-state index contributed by atoms with van der Waals surface area (Å²) in [5.74, 6) is -0.454. The smallest absolute Gasteiger partial charge is 0.229 e. The Morgan fingerprint density at radius 1 is 1.24 bits per heavy atom. The molecule has 1 aliphatic heterocycles. The van der Waals surface area contributed by atoms with Crippen molar-refractivity contribution in [3.63, 3.8) is 0 Å². The number of imide groups is 1. The normalized spacial score (nSPS) is 16.5. The van der Waals surface area contributed by atoms with E-state index in [0.717, 1.165) is 0 Å². The molecule has 0 aromatic rings. The summed E-state index contributed by atoms with van der Waals surface area (Å²) in [4.78, 5) is 35.3. The zero-order valence-electron chi connectivity index (χ0n) is 10.7. The van der Waals surface area contributed by atoms with E-state index in [1.54, 1.807) is 0 Å². The van der Waals surface area contributed by atoms with Crippen LogP contribution in [0, 0.1) is 5.41 Å². The average Bonchev–Trinajstić information content (AvgIpc) is 2.52. The van der Waals surface area contributed by atoms with Crippen LogP contribution in [0.1, 0.15) is 40.0 Å². The highest BCUT2D eigenvalue weighted by Gasteiger charge is 2.28. The molecule has 17 heavy (non-hydrogen) atoms. The second-order valence-corrected chi connectivity index (χ2v) is 5.53. The maximum absolute atomic E-state index is 11.5. The summed E-state index contributed by atoms with van der Waals surface area (Å²) in [6.45, 7) is 6.88. The summed E-state index contributed by atoms with van der Waals surface area (Å²) < 4.78 is 0. The van der Waals surface area contributed by atoms with Crippen molar-refractivity contribution in [1.82, 2.24) is 10.2 Å². The molecular formula is C12H20N2O3. The van der Waals surface area contributed by atoms with Crippen LogP contribution in [0.15, 0.2) is 0 Å². The Kier molecular flexibility index (Phi) is 4.26. The molecular weight excluding hydrogens is 220 g/mol. The summed E-state index contributed by atoms with van der Waals surface area (Å²) >= 11 is 0. The molecule has 5 nitrogen and oxygen atoms in total. The molecule has 96 valence electrons. The van der Waals surface area contributed by atoms with Gasteiger partial charge in [0.15, 0.2) is 0 Å². The van der Waals surface area contributed by atoms with Crippen LogP contribution >= 0.6 is 0 Å². The van der Waals surface area contributed by atoms with E-state index in [-0.39, 0.29) is 48.9 Å². The predicted octanol–water partition coefficient (Wildman–Crippen LogP) is 0.688. The Bertz CT molecular complexity index is 315. The Morgan fingerprint density at radius 3 is 2.24 bits per heavy atom. The van der Waals surface area contributed by atoms with Gasteiger partial charge in [-0.15, -0.1) is 0 Å². The van der Waals surface area contributed by atoms with Gasteiger partial charge in [-0.05, 0) is 5.41 Å². The van der Waals surface area contributed by atoms with Crippen LogP contribution < -0.4 is 5.32 Å². The molecule has 0 radical (unpaired) electrons. The third-order valence-corrected chi connectivity index (χ3v) is 2.53. The highest BCUT2D eigenvalue weighted by atomic mass is 16.2. The van der Waals surface area contributed by atoms with Crippen molar-refractivity contribution in [1.29, 1.82) is 0 Å². The molecule has 0 atom stereocenters. The van der Waals surface area contributed by atoms with Gasteiger partial charge in [-0.2, -0.15) is 0 Å². The van der Waals surface area contributed by atoms with Gasteiger partial charge in [-0.25, -0.2) is 0 Å². The van der Waals surface area contributed by atoms with E-state index >= 15 is 0 Å². The lowest BCUT2D eigenvalue weighted by Gasteiger charge is -2.19. The van der Waals surface area contributed by atoms with Crippen molar-refractivity contribution < 1.29 is 14.4 Å². The van der Waals surface area contributed by atoms with Crippen LogP contribution in [-0.2, 0) is 14.4 Å².